The van der Waals surface area contributed by atoms with Crippen LogP contribution in [0.25, 0.3) is 0 Å². The van der Waals surface area contributed by atoms with Gasteiger partial charge in [0.15, 0.2) is 6.10 Å². The highest BCUT2D eigenvalue weighted by Gasteiger charge is 2.57. The first kappa shape index (κ1) is 18.4. The Kier molecular flexibility index (Phi) is 4.41. The average molecular weight is 390 g/mol. The quantitative estimate of drug-likeness (QED) is 0.789. The molecule has 154 valence electrons. The molecule has 2 heterocycles. The van der Waals surface area contributed by atoms with Crippen LogP contribution in [0.4, 0.5) is 0 Å². The summed E-state index contributed by atoms with van der Waals surface area (Å²) in [5, 5.41) is 9.21. The van der Waals surface area contributed by atoms with Gasteiger partial charge in [-0.15, -0.1) is 0 Å². The molecule has 6 fully saturated rings. The van der Waals surface area contributed by atoms with Gasteiger partial charge in [0.1, 0.15) is 6.04 Å². The Morgan fingerprint density at radius 2 is 1.61 bits per heavy atom. The van der Waals surface area contributed by atoms with E-state index in [0.717, 1.165) is 25.7 Å². The van der Waals surface area contributed by atoms with Gasteiger partial charge in [-0.1, -0.05) is 0 Å². The summed E-state index contributed by atoms with van der Waals surface area (Å²) in [6.45, 7) is 1.37. The zero-order valence-corrected chi connectivity index (χ0v) is 16.3. The van der Waals surface area contributed by atoms with Crippen LogP contribution >= 0.6 is 0 Å². The number of hydrogen-bond donors (Lipinski definition) is 1. The van der Waals surface area contributed by atoms with Crippen LogP contribution in [0.5, 0.6) is 0 Å². The Bertz CT molecular complexity index is 657. The zero-order valence-electron chi connectivity index (χ0n) is 16.3. The fourth-order valence-electron chi connectivity index (χ4n) is 7.15. The highest BCUT2D eigenvalue weighted by atomic mass is 16.5. The van der Waals surface area contributed by atoms with Crippen molar-refractivity contribution in [2.45, 2.75) is 63.5 Å². The molecular weight excluding hydrogens is 360 g/mol. The molecule has 2 amide bonds. The summed E-state index contributed by atoms with van der Waals surface area (Å²) in [6, 6.07) is -0.423. The van der Waals surface area contributed by atoms with Crippen molar-refractivity contribution >= 4 is 17.8 Å². The molecule has 0 radical (unpaired) electrons. The summed E-state index contributed by atoms with van der Waals surface area (Å²) in [7, 11) is 0. The number of carbonyl (C=O) groups excluding carboxylic acids is 2. The maximum Gasteiger partial charge on any atom is 0.334 e. The van der Waals surface area contributed by atoms with Crippen molar-refractivity contribution in [3.63, 3.8) is 0 Å². The van der Waals surface area contributed by atoms with E-state index in [-0.39, 0.29) is 30.4 Å². The third-order valence-corrected chi connectivity index (χ3v) is 7.94. The number of likely N-dealkylation sites (tertiary alicyclic amines) is 1. The lowest BCUT2D eigenvalue weighted by Crippen LogP contribution is -2.59. The topological polar surface area (TPSA) is 87.2 Å². The van der Waals surface area contributed by atoms with E-state index < -0.39 is 18.1 Å². The predicted octanol–water partition coefficient (Wildman–Crippen LogP) is 1.51. The molecule has 7 heteroatoms. The third kappa shape index (κ3) is 2.93. The number of amides is 2. The number of rotatable bonds is 3. The molecule has 0 spiro atoms. The molecule has 4 bridgehead atoms. The van der Waals surface area contributed by atoms with E-state index in [9.17, 15) is 19.5 Å². The summed E-state index contributed by atoms with van der Waals surface area (Å²) >= 11 is 0. The number of carbonyl (C=O) groups is 3. The van der Waals surface area contributed by atoms with Gasteiger partial charge in [0.2, 0.25) is 11.8 Å². The average Bonchev–Trinajstić information content (AvgIpc) is 3.15. The standard InChI is InChI=1S/C21H30N2O5/c24-18(22-4-5-28-17(12-22)19(25)26)16-2-1-3-23(16)20(27)21-9-13-6-14(10-21)8-15(7-13)11-21/h13-17H,1-12H2,(H,25,26). The van der Waals surface area contributed by atoms with Crippen molar-refractivity contribution in [1.29, 1.82) is 0 Å². The van der Waals surface area contributed by atoms with E-state index in [0.29, 0.717) is 37.3 Å². The SMILES string of the molecule is O=C(O)C1CN(C(=O)C2CCCN2C(=O)C23CC4CC(CC(C4)C2)C3)CCO1. The fourth-order valence-corrected chi connectivity index (χ4v) is 7.15. The Hall–Kier alpha value is -1.63. The lowest BCUT2D eigenvalue weighted by molar-refractivity contribution is -0.166. The first-order valence-electron chi connectivity index (χ1n) is 10.9. The molecule has 4 saturated carbocycles. The minimum atomic E-state index is -1.04. The van der Waals surface area contributed by atoms with Gasteiger partial charge in [0, 0.05) is 13.1 Å². The molecule has 0 aromatic rings. The third-order valence-electron chi connectivity index (χ3n) is 7.94. The Morgan fingerprint density at radius 3 is 2.21 bits per heavy atom. The lowest BCUT2D eigenvalue weighted by Gasteiger charge is -2.56. The first-order valence-corrected chi connectivity index (χ1v) is 10.9. The number of carboxylic acids is 1. The molecular formula is C21H30N2O5. The van der Waals surface area contributed by atoms with Gasteiger partial charge in [-0.2, -0.15) is 0 Å². The van der Waals surface area contributed by atoms with Crippen LogP contribution in [0, 0.1) is 23.2 Å². The predicted molar refractivity (Wildman–Crippen MR) is 99.3 cm³/mol. The summed E-state index contributed by atoms with van der Waals surface area (Å²) in [6.07, 6.45) is 7.46. The van der Waals surface area contributed by atoms with Gasteiger partial charge in [0.05, 0.1) is 18.6 Å². The summed E-state index contributed by atoms with van der Waals surface area (Å²) in [5.41, 5.74) is -0.230. The molecule has 0 aromatic carbocycles. The number of carboxylic acid groups (broad SMARTS) is 1. The Morgan fingerprint density at radius 1 is 0.964 bits per heavy atom. The molecule has 2 atom stereocenters. The largest absolute Gasteiger partial charge is 0.479 e. The highest BCUT2D eigenvalue weighted by molar-refractivity contribution is 5.91. The van der Waals surface area contributed by atoms with E-state index in [1.807, 2.05) is 4.90 Å². The zero-order chi connectivity index (χ0) is 19.5. The van der Waals surface area contributed by atoms with Crippen LogP contribution in [0.15, 0.2) is 0 Å². The van der Waals surface area contributed by atoms with Crippen molar-refractivity contribution in [2.75, 3.05) is 26.2 Å². The van der Waals surface area contributed by atoms with Crippen molar-refractivity contribution in [1.82, 2.24) is 9.80 Å². The maximum atomic E-state index is 13.7. The van der Waals surface area contributed by atoms with Crippen molar-refractivity contribution in [2.24, 2.45) is 23.2 Å². The number of aliphatic carboxylic acids is 1. The van der Waals surface area contributed by atoms with E-state index in [2.05, 4.69) is 0 Å². The monoisotopic (exact) mass is 390 g/mol. The summed E-state index contributed by atoms with van der Waals surface area (Å²) in [4.78, 5) is 41.6. The molecule has 6 rings (SSSR count). The van der Waals surface area contributed by atoms with E-state index in [4.69, 9.17) is 4.74 Å². The number of hydrogen-bond acceptors (Lipinski definition) is 4. The Labute approximate surface area is 165 Å². The second-order valence-corrected chi connectivity index (χ2v) is 9.84. The van der Waals surface area contributed by atoms with E-state index >= 15 is 0 Å². The lowest BCUT2D eigenvalue weighted by atomic mass is 9.49. The minimum absolute atomic E-state index is 0.0735. The maximum absolute atomic E-state index is 13.7. The Balaban J connectivity index is 1.32. The van der Waals surface area contributed by atoms with E-state index in [1.165, 1.54) is 19.3 Å². The number of nitrogens with zero attached hydrogens (tertiary/aromatic N) is 2. The molecule has 1 N–H and O–H groups in total. The van der Waals surface area contributed by atoms with Gasteiger partial charge in [-0.25, -0.2) is 4.79 Å². The smallest absolute Gasteiger partial charge is 0.334 e. The van der Waals surface area contributed by atoms with Crippen LogP contribution in [0.3, 0.4) is 0 Å². The molecule has 7 nitrogen and oxygen atoms in total. The van der Waals surface area contributed by atoms with Crippen molar-refractivity contribution in [3.05, 3.63) is 0 Å². The van der Waals surface area contributed by atoms with Gasteiger partial charge >= 0.3 is 5.97 Å². The molecule has 0 aromatic heterocycles. The van der Waals surface area contributed by atoms with Crippen LogP contribution in [-0.2, 0) is 19.1 Å². The normalized spacial score (nSPS) is 42.1. The van der Waals surface area contributed by atoms with Gasteiger partial charge in [-0.3, -0.25) is 9.59 Å². The molecule has 4 aliphatic carbocycles. The molecule has 2 aliphatic heterocycles. The molecule has 2 unspecified atom stereocenters. The molecule has 6 aliphatic rings. The number of morpholine rings is 1. The summed E-state index contributed by atoms with van der Waals surface area (Å²) < 4.78 is 5.25. The van der Waals surface area contributed by atoms with Gasteiger partial charge in [0.25, 0.3) is 0 Å². The second kappa shape index (κ2) is 6.71. The van der Waals surface area contributed by atoms with Gasteiger partial charge < -0.3 is 19.6 Å². The molecule has 2 saturated heterocycles. The van der Waals surface area contributed by atoms with Crippen LogP contribution in [0.2, 0.25) is 0 Å². The van der Waals surface area contributed by atoms with Gasteiger partial charge in [-0.05, 0) is 69.1 Å². The fraction of sp³-hybridized carbons (Fsp3) is 0.857. The highest BCUT2D eigenvalue weighted by Crippen LogP contribution is 2.60. The second-order valence-electron chi connectivity index (χ2n) is 9.84. The van der Waals surface area contributed by atoms with Crippen LogP contribution in [-0.4, -0.2) is 71.1 Å². The van der Waals surface area contributed by atoms with E-state index in [1.54, 1.807) is 4.90 Å². The first-order chi connectivity index (χ1) is 13.4. The number of ether oxygens (including phenoxy) is 1. The van der Waals surface area contributed by atoms with Crippen LogP contribution < -0.4 is 0 Å². The molecule has 28 heavy (non-hydrogen) atoms. The van der Waals surface area contributed by atoms with Crippen LogP contribution in [0.1, 0.15) is 51.4 Å². The van der Waals surface area contributed by atoms with Crippen molar-refractivity contribution in [3.8, 4) is 0 Å². The van der Waals surface area contributed by atoms with Crippen molar-refractivity contribution < 1.29 is 24.2 Å². The summed E-state index contributed by atoms with van der Waals surface area (Å²) in [5.74, 6) is 1.17. The minimum Gasteiger partial charge on any atom is -0.479 e.